The Morgan fingerprint density at radius 1 is 1.10 bits per heavy atom. The Bertz CT molecular complexity index is 1120. The van der Waals surface area contributed by atoms with Crippen molar-refractivity contribution in [2.24, 2.45) is 0 Å². The topological polar surface area (TPSA) is 84.3 Å². The molecule has 1 aromatic heterocycles. The molecule has 2 aromatic carbocycles. The molecule has 1 N–H and O–H groups in total. The van der Waals surface area contributed by atoms with Crippen LogP contribution >= 0.6 is 0 Å². The summed E-state index contributed by atoms with van der Waals surface area (Å²) in [5.41, 5.74) is 2.19. The van der Waals surface area contributed by atoms with Gasteiger partial charge in [-0.25, -0.2) is 21.8 Å². The van der Waals surface area contributed by atoms with Crippen molar-refractivity contribution in [3.05, 3.63) is 71.8 Å². The van der Waals surface area contributed by atoms with Gasteiger partial charge in [0.05, 0.1) is 28.0 Å². The quantitative estimate of drug-likeness (QED) is 0.669. The van der Waals surface area contributed by atoms with Crippen molar-refractivity contribution < 1.29 is 17.6 Å². The first-order valence-electron chi connectivity index (χ1n) is 8.91. The lowest BCUT2D eigenvalue weighted by Gasteiger charge is -2.12. The summed E-state index contributed by atoms with van der Waals surface area (Å²) in [4.78, 5) is 12.9. The molecule has 0 bridgehead atoms. The van der Waals surface area contributed by atoms with Gasteiger partial charge in [-0.05, 0) is 55.0 Å². The summed E-state index contributed by atoms with van der Waals surface area (Å²) in [7, 11) is -0.626. The van der Waals surface area contributed by atoms with Crippen molar-refractivity contribution in [1.82, 2.24) is 14.1 Å². The fourth-order valence-corrected chi connectivity index (χ4v) is 3.73. The van der Waals surface area contributed by atoms with E-state index in [1.165, 1.54) is 56.7 Å². The molecule has 3 aromatic rings. The molecule has 3 rings (SSSR count). The van der Waals surface area contributed by atoms with Gasteiger partial charge in [-0.1, -0.05) is 6.92 Å². The normalized spacial score (nSPS) is 11.6. The van der Waals surface area contributed by atoms with Crippen molar-refractivity contribution >= 4 is 21.6 Å². The maximum atomic E-state index is 13.2. The molecule has 0 aliphatic heterocycles. The standard InChI is InChI=1S/C20H21FN4O3S/c1-4-19-18(13-22-25(19)16-9-5-14(21)6-10-16)20(26)23-15-7-11-17(12-8-15)29(27,28)24(2)3/h5-13H,4H2,1-3H3,(H,23,26). The predicted octanol–water partition coefficient (Wildman–Crippen LogP) is 3.08. The van der Waals surface area contributed by atoms with E-state index in [-0.39, 0.29) is 16.6 Å². The molecule has 1 heterocycles. The molecule has 0 fully saturated rings. The molecule has 0 saturated heterocycles. The average molecular weight is 416 g/mol. The van der Waals surface area contributed by atoms with Gasteiger partial charge in [0.2, 0.25) is 10.0 Å². The minimum atomic E-state index is -3.53. The Balaban J connectivity index is 1.84. The van der Waals surface area contributed by atoms with Crippen LogP contribution in [0.4, 0.5) is 10.1 Å². The van der Waals surface area contributed by atoms with E-state index >= 15 is 0 Å². The van der Waals surface area contributed by atoms with Crippen LogP contribution < -0.4 is 5.32 Å². The van der Waals surface area contributed by atoms with Gasteiger partial charge in [0.25, 0.3) is 5.91 Å². The van der Waals surface area contributed by atoms with Crippen LogP contribution in [0.2, 0.25) is 0 Å². The molecule has 152 valence electrons. The monoisotopic (exact) mass is 416 g/mol. The molecule has 0 spiro atoms. The third kappa shape index (κ3) is 4.20. The number of rotatable bonds is 6. The smallest absolute Gasteiger partial charge is 0.259 e. The highest BCUT2D eigenvalue weighted by molar-refractivity contribution is 7.89. The number of nitrogens with zero attached hydrogens (tertiary/aromatic N) is 3. The van der Waals surface area contributed by atoms with Gasteiger partial charge >= 0.3 is 0 Å². The van der Waals surface area contributed by atoms with Gasteiger partial charge in [-0.2, -0.15) is 5.10 Å². The van der Waals surface area contributed by atoms with Crippen molar-refractivity contribution in [1.29, 1.82) is 0 Å². The SMILES string of the molecule is CCc1c(C(=O)Nc2ccc(S(=O)(=O)N(C)C)cc2)cnn1-c1ccc(F)cc1. The molecule has 0 saturated carbocycles. The Kier molecular flexibility index (Phi) is 5.81. The van der Waals surface area contributed by atoms with E-state index in [4.69, 9.17) is 0 Å². The molecule has 29 heavy (non-hydrogen) atoms. The molecule has 0 aliphatic rings. The number of benzene rings is 2. The van der Waals surface area contributed by atoms with Crippen molar-refractivity contribution in [2.45, 2.75) is 18.2 Å². The Morgan fingerprint density at radius 3 is 2.28 bits per heavy atom. The zero-order valence-electron chi connectivity index (χ0n) is 16.3. The van der Waals surface area contributed by atoms with E-state index in [2.05, 4.69) is 10.4 Å². The third-order valence-corrected chi connectivity index (χ3v) is 6.24. The number of carbonyl (C=O) groups is 1. The number of halogens is 1. The average Bonchev–Trinajstić information content (AvgIpc) is 3.13. The van der Waals surface area contributed by atoms with E-state index in [0.717, 1.165) is 4.31 Å². The Labute approximate surface area is 168 Å². The number of nitrogens with one attached hydrogen (secondary N) is 1. The molecular weight excluding hydrogens is 395 g/mol. The first-order valence-corrected chi connectivity index (χ1v) is 10.3. The minimum absolute atomic E-state index is 0.138. The zero-order chi connectivity index (χ0) is 21.2. The summed E-state index contributed by atoms with van der Waals surface area (Å²) in [6.07, 6.45) is 2.00. The highest BCUT2D eigenvalue weighted by Gasteiger charge is 2.19. The Hall–Kier alpha value is -3.04. The third-order valence-electron chi connectivity index (χ3n) is 4.41. The molecule has 9 heteroatoms. The van der Waals surface area contributed by atoms with Crippen molar-refractivity contribution in [3.63, 3.8) is 0 Å². The van der Waals surface area contributed by atoms with Gasteiger partial charge in [0.15, 0.2) is 0 Å². The largest absolute Gasteiger partial charge is 0.322 e. The number of sulfonamides is 1. The van der Waals surface area contributed by atoms with E-state index < -0.39 is 10.0 Å². The summed E-state index contributed by atoms with van der Waals surface area (Å²) < 4.78 is 40.2. The summed E-state index contributed by atoms with van der Waals surface area (Å²) >= 11 is 0. The lowest BCUT2D eigenvalue weighted by atomic mass is 10.2. The van der Waals surface area contributed by atoms with Crippen LogP contribution in [0.5, 0.6) is 0 Å². The van der Waals surface area contributed by atoms with Crippen LogP contribution in [0, 0.1) is 5.82 Å². The molecule has 7 nitrogen and oxygen atoms in total. The van der Waals surface area contributed by atoms with E-state index in [9.17, 15) is 17.6 Å². The molecule has 1 amide bonds. The van der Waals surface area contributed by atoms with Gasteiger partial charge < -0.3 is 5.32 Å². The highest BCUT2D eigenvalue weighted by Crippen LogP contribution is 2.20. The van der Waals surface area contributed by atoms with Crippen molar-refractivity contribution in [3.8, 4) is 5.69 Å². The Morgan fingerprint density at radius 2 is 1.72 bits per heavy atom. The van der Waals surface area contributed by atoms with Gasteiger partial charge in [0, 0.05) is 19.8 Å². The molecule has 0 atom stereocenters. The molecule has 0 unspecified atom stereocenters. The minimum Gasteiger partial charge on any atom is -0.322 e. The van der Waals surface area contributed by atoms with E-state index in [1.54, 1.807) is 16.8 Å². The lowest BCUT2D eigenvalue weighted by molar-refractivity contribution is 0.102. The second-order valence-electron chi connectivity index (χ2n) is 6.51. The van der Waals surface area contributed by atoms with Gasteiger partial charge in [-0.3, -0.25) is 4.79 Å². The van der Waals surface area contributed by atoms with Crippen LogP contribution in [0.15, 0.2) is 59.6 Å². The number of hydrogen-bond donors (Lipinski definition) is 1. The summed E-state index contributed by atoms with van der Waals surface area (Å²) in [6.45, 7) is 1.90. The van der Waals surface area contributed by atoms with Crippen LogP contribution in [0.3, 0.4) is 0 Å². The predicted molar refractivity (Wildman–Crippen MR) is 108 cm³/mol. The van der Waals surface area contributed by atoms with E-state index in [1.807, 2.05) is 6.92 Å². The van der Waals surface area contributed by atoms with Gasteiger partial charge in [-0.15, -0.1) is 0 Å². The summed E-state index contributed by atoms with van der Waals surface area (Å²) in [5, 5.41) is 7.02. The van der Waals surface area contributed by atoms with Crippen LogP contribution in [0.25, 0.3) is 5.69 Å². The molecule has 0 radical (unpaired) electrons. The van der Waals surface area contributed by atoms with E-state index in [0.29, 0.717) is 29.1 Å². The second-order valence-corrected chi connectivity index (χ2v) is 8.66. The number of amides is 1. The first kappa shape index (κ1) is 20.7. The number of aromatic nitrogens is 2. The fourth-order valence-electron chi connectivity index (χ4n) is 2.83. The molecular formula is C20H21FN4O3S. The second kappa shape index (κ2) is 8.14. The highest BCUT2D eigenvalue weighted by atomic mass is 32.2. The fraction of sp³-hybridized carbons (Fsp3) is 0.200. The number of hydrogen-bond acceptors (Lipinski definition) is 4. The zero-order valence-corrected chi connectivity index (χ0v) is 17.1. The first-order chi connectivity index (χ1) is 13.7. The number of anilines is 1. The van der Waals surface area contributed by atoms with Crippen molar-refractivity contribution in [2.75, 3.05) is 19.4 Å². The van der Waals surface area contributed by atoms with Crippen LogP contribution in [-0.4, -0.2) is 42.5 Å². The molecule has 0 aliphatic carbocycles. The summed E-state index contributed by atoms with van der Waals surface area (Å²) in [5.74, 6) is -0.713. The lowest BCUT2D eigenvalue weighted by Crippen LogP contribution is -2.22. The van der Waals surface area contributed by atoms with Gasteiger partial charge in [0.1, 0.15) is 5.82 Å². The number of carbonyl (C=O) groups excluding carboxylic acids is 1. The van der Waals surface area contributed by atoms with Crippen LogP contribution in [0.1, 0.15) is 23.0 Å². The maximum Gasteiger partial charge on any atom is 0.259 e. The van der Waals surface area contributed by atoms with Crippen LogP contribution in [-0.2, 0) is 16.4 Å². The summed E-state index contributed by atoms with van der Waals surface area (Å²) in [6, 6.07) is 11.8. The maximum absolute atomic E-state index is 13.2.